The van der Waals surface area contributed by atoms with Crippen molar-refractivity contribution in [1.29, 1.82) is 0 Å². The minimum Gasteiger partial charge on any atom is -0.298 e. The van der Waals surface area contributed by atoms with E-state index in [0.29, 0.717) is 5.13 Å². The monoisotopic (exact) mass is 369 g/mol. The first kappa shape index (κ1) is 17.3. The number of likely N-dealkylation sites (tertiary alicyclic amines) is 1. The standard InChI is InChI=1S/C13H18Cl3N3OS/c1-8-3-5-19(6-4-8)7-10-9(2)17-12(21-10)18-11(20)13(14,15)16/h8H,3-7H2,1-2H3,(H,17,18,20). The topological polar surface area (TPSA) is 45.2 Å². The lowest BCUT2D eigenvalue weighted by molar-refractivity contribution is -0.115. The zero-order valence-corrected chi connectivity index (χ0v) is 15.0. The first-order valence-electron chi connectivity index (χ1n) is 6.82. The lowest BCUT2D eigenvalue weighted by Crippen LogP contribution is -2.32. The van der Waals surface area contributed by atoms with E-state index in [0.717, 1.165) is 36.1 Å². The molecule has 0 spiro atoms. The summed E-state index contributed by atoms with van der Waals surface area (Å²) in [7, 11) is 0. The van der Waals surface area contributed by atoms with Gasteiger partial charge < -0.3 is 0 Å². The molecule has 8 heteroatoms. The van der Waals surface area contributed by atoms with Gasteiger partial charge in [-0.2, -0.15) is 0 Å². The van der Waals surface area contributed by atoms with E-state index >= 15 is 0 Å². The average molecular weight is 371 g/mol. The molecule has 21 heavy (non-hydrogen) atoms. The molecule has 2 rings (SSSR count). The predicted molar refractivity (Wildman–Crippen MR) is 89.4 cm³/mol. The number of nitrogens with one attached hydrogen (secondary N) is 1. The molecule has 0 atom stereocenters. The minimum absolute atomic E-state index is 0.476. The minimum atomic E-state index is -1.97. The van der Waals surface area contributed by atoms with Crippen LogP contribution >= 0.6 is 46.1 Å². The van der Waals surface area contributed by atoms with Crippen molar-refractivity contribution in [2.75, 3.05) is 18.4 Å². The van der Waals surface area contributed by atoms with Gasteiger partial charge >= 0.3 is 0 Å². The van der Waals surface area contributed by atoms with E-state index in [2.05, 4.69) is 22.1 Å². The number of aryl methyl sites for hydroxylation is 1. The van der Waals surface area contributed by atoms with Gasteiger partial charge in [0.25, 0.3) is 9.70 Å². The van der Waals surface area contributed by atoms with Gasteiger partial charge in [0.1, 0.15) is 0 Å². The average Bonchev–Trinajstić information content (AvgIpc) is 2.71. The van der Waals surface area contributed by atoms with E-state index in [1.165, 1.54) is 24.2 Å². The van der Waals surface area contributed by atoms with Gasteiger partial charge in [-0.15, -0.1) is 11.3 Å². The number of amides is 1. The van der Waals surface area contributed by atoms with Crippen LogP contribution in [-0.2, 0) is 11.3 Å². The summed E-state index contributed by atoms with van der Waals surface area (Å²) >= 11 is 18.0. The Kier molecular flexibility index (Phi) is 5.77. The Morgan fingerprint density at radius 1 is 1.43 bits per heavy atom. The maximum Gasteiger partial charge on any atom is 0.278 e. The summed E-state index contributed by atoms with van der Waals surface area (Å²) in [4.78, 5) is 19.5. The van der Waals surface area contributed by atoms with Crippen LogP contribution in [0.4, 0.5) is 5.13 Å². The zero-order valence-electron chi connectivity index (χ0n) is 12.0. The molecule has 1 N–H and O–H groups in total. The molecule has 0 unspecified atom stereocenters. The number of halogens is 3. The predicted octanol–water partition coefficient (Wildman–Crippen LogP) is 3.99. The van der Waals surface area contributed by atoms with E-state index < -0.39 is 9.70 Å². The van der Waals surface area contributed by atoms with Crippen molar-refractivity contribution in [3.8, 4) is 0 Å². The summed E-state index contributed by atoms with van der Waals surface area (Å²) in [5.41, 5.74) is 0.915. The summed E-state index contributed by atoms with van der Waals surface area (Å²) < 4.78 is -1.97. The van der Waals surface area contributed by atoms with Crippen LogP contribution in [0.15, 0.2) is 0 Å². The van der Waals surface area contributed by atoms with Gasteiger partial charge in [0.2, 0.25) is 0 Å². The number of carbonyl (C=O) groups is 1. The van der Waals surface area contributed by atoms with Crippen LogP contribution in [-0.4, -0.2) is 32.7 Å². The molecule has 1 saturated heterocycles. The molecule has 1 fully saturated rings. The zero-order chi connectivity index (χ0) is 15.6. The molecule has 1 aromatic rings. The highest BCUT2D eigenvalue weighted by Crippen LogP contribution is 2.30. The normalized spacial score (nSPS) is 18.0. The van der Waals surface area contributed by atoms with E-state index in [4.69, 9.17) is 34.8 Å². The third-order valence-corrected chi connectivity index (χ3v) is 5.19. The number of nitrogens with zero attached hydrogens (tertiary/aromatic N) is 2. The quantitative estimate of drug-likeness (QED) is 0.818. The van der Waals surface area contributed by atoms with Gasteiger partial charge in [-0.05, 0) is 38.8 Å². The van der Waals surface area contributed by atoms with Gasteiger partial charge in [0.15, 0.2) is 5.13 Å². The fourth-order valence-corrected chi connectivity index (χ4v) is 3.36. The molecule has 1 aliphatic heterocycles. The van der Waals surface area contributed by atoms with Crippen molar-refractivity contribution in [2.24, 2.45) is 5.92 Å². The Morgan fingerprint density at radius 2 is 2.05 bits per heavy atom. The van der Waals surface area contributed by atoms with Crippen LogP contribution in [0.5, 0.6) is 0 Å². The summed E-state index contributed by atoms with van der Waals surface area (Å²) in [6.45, 7) is 7.30. The molecule has 1 amide bonds. The summed E-state index contributed by atoms with van der Waals surface area (Å²) in [6, 6.07) is 0. The van der Waals surface area contributed by atoms with Gasteiger partial charge in [0, 0.05) is 11.4 Å². The van der Waals surface area contributed by atoms with E-state index in [-0.39, 0.29) is 0 Å². The number of carbonyl (C=O) groups excluding carboxylic acids is 1. The Labute approximate surface area is 143 Å². The van der Waals surface area contributed by atoms with Crippen LogP contribution in [0.25, 0.3) is 0 Å². The summed E-state index contributed by atoms with van der Waals surface area (Å²) in [5, 5.41) is 3.02. The third kappa shape index (κ3) is 4.96. The van der Waals surface area contributed by atoms with Gasteiger partial charge in [-0.25, -0.2) is 4.98 Å². The van der Waals surface area contributed by atoms with Crippen LogP contribution < -0.4 is 5.32 Å². The van der Waals surface area contributed by atoms with Crippen LogP contribution in [0.3, 0.4) is 0 Å². The molecular weight excluding hydrogens is 353 g/mol. The smallest absolute Gasteiger partial charge is 0.278 e. The second-order valence-electron chi connectivity index (χ2n) is 5.44. The molecule has 0 aliphatic carbocycles. The van der Waals surface area contributed by atoms with Gasteiger partial charge in [-0.1, -0.05) is 41.7 Å². The highest BCUT2D eigenvalue weighted by molar-refractivity contribution is 7.16. The highest BCUT2D eigenvalue weighted by Gasteiger charge is 2.31. The molecular formula is C13H18Cl3N3OS. The molecule has 1 aromatic heterocycles. The van der Waals surface area contributed by atoms with Crippen LogP contribution in [0, 0.1) is 12.8 Å². The number of hydrogen-bond donors (Lipinski definition) is 1. The summed E-state index contributed by atoms with van der Waals surface area (Å²) in [5.74, 6) is 0.127. The van der Waals surface area contributed by atoms with Gasteiger partial charge in [-0.3, -0.25) is 15.0 Å². The van der Waals surface area contributed by atoms with Crippen LogP contribution in [0.1, 0.15) is 30.3 Å². The van der Waals surface area contributed by atoms with E-state index in [1.54, 1.807) is 0 Å². The highest BCUT2D eigenvalue weighted by atomic mass is 35.6. The molecule has 0 aromatic carbocycles. The number of thiazole rings is 1. The Hall–Kier alpha value is -0.0700. The molecule has 0 bridgehead atoms. The number of alkyl halides is 3. The Bertz CT molecular complexity index is 507. The third-order valence-electron chi connectivity index (χ3n) is 3.61. The second-order valence-corrected chi connectivity index (χ2v) is 8.80. The van der Waals surface area contributed by atoms with Crippen molar-refractivity contribution in [1.82, 2.24) is 9.88 Å². The first-order chi connectivity index (χ1) is 9.75. The van der Waals surface area contributed by atoms with E-state index in [9.17, 15) is 4.79 Å². The first-order valence-corrected chi connectivity index (χ1v) is 8.77. The Morgan fingerprint density at radius 3 is 2.62 bits per heavy atom. The van der Waals surface area contributed by atoms with Gasteiger partial charge in [0.05, 0.1) is 5.69 Å². The molecule has 4 nitrogen and oxygen atoms in total. The van der Waals surface area contributed by atoms with Crippen molar-refractivity contribution >= 4 is 57.2 Å². The number of anilines is 1. The maximum atomic E-state index is 11.6. The SMILES string of the molecule is Cc1nc(NC(=O)C(Cl)(Cl)Cl)sc1CN1CCC(C)CC1. The van der Waals surface area contributed by atoms with Crippen molar-refractivity contribution < 1.29 is 4.79 Å². The molecule has 0 radical (unpaired) electrons. The number of hydrogen-bond acceptors (Lipinski definition) is 4. The van der Waals surface area contributed by atoms with Crippen molar-refractivity contribution in [3.63, 3.8) is 0 Å². The summed E-state index contributed by atoms with van der Waals surface area (Å²) in [6.07, 6.45) is 2.46. The molecule has 2 heterocycles. The number of aromatic nitrogens is 1. The molecule has 118 valence electrons. The fraction of sp³-hybridized carbons (Fsp3) is 0.692. The van der Waals surface area contributed by atoms with Crippen molar-refractivity contribution in [2.45, 2.75) is 37.0 Å². The second kappa shape index (κ2) is 7.01. The largest absolute Gasteiger partial charge is 0.298 e. The lowest BCUT2D eigenvalue weighted by atomic mass is 9.99. The number of rotatable bonds is 3. The fourth-order valence-electron chi connectivity index (χ4n) is 2.22. The van der Waals surface area contributed by atoms with E-state index in [1.807, 2.05) is 6.92 Å². The molecule has 0 saturated carbocycles. The lowest BCUT2D eigenvalue weighted by Gasteiger charge is -2.29. The molecule has 1 aliphatic rings. The maximum absolute atomic E-state index is 11.6. The van der Waals surface area contributed by atoms with Crippen LogP contribution in [0.2, 0.25) is 0 Å². The van der Waals surface area contributed by atoms with Crippen molar-refractivity contribution in [3.05, 3.63) is 10.6 Å². The number of piperidine rings is 1. The Balaban J connectivity index is 1.97.